The maximum absolute atomic E-state index is 12.8. The number of anilines is 1. The molecule has 1 saturated heterocycles. The molecule has 1 aromatic carbocycles. The number of benzene rings is 1. The summed E-state index contributed by atoms with van der Waals surface area (Å²) < 4.78 is 38.3. The number of halogens is 3. The fraction of sp³-hybridized carbons (Fsp3) is 0.562. The van der Waals surface area contributed by atoms with E-state index in [1.807, 2.05) is 32.0 Å². The second-order valence-corrected chi connectivity index (χ2v) is 6.23. The number of alkyl halides is 3. The molecule has 128 valence electrons. The molecule has 2 amide bonds. The molecule has 0 bridgehead atoms. The van der Waals surface area contributed by atoms with Gasteiger partial charge in [-0.2, -0.15) is 13.2 Å². The number of likely N-dealkylation sites (tertiary alicyclic amines) is 1. The molecule has 1 heterocycles. The number of rotatable bonds is 2. The number of amides is 2. The van der Waals surface area contributed by atoms with E-state index in [4.69, 9.17) is 0 Å². The molecule has 0 unspecified atom stereocenters. The Morgan fingerprint density at radius 1 is 1.30 bits per heavy atom. The van der Waals surface area contributed by atoms with Crippen LogP contribution in [0.2, 0.25) is 0 Å². The normalized spacial score (nSPS) is 18.1. The quantitative estimate of drug-likeness (QED) is 0.868. The van der Waals surface area contributed by atoms with Gasteiger partial charge in [-0.1, -0.05) is 26.0 Å². The third-order valence-corrected chi connectivity index (χ3v) is 4.21. The van der Waals surface area contributed by atoms with Crippen LogP contribution in [0.1, 0.15) is 38.2 Å². The van der Waals surface area contributed by atoms with Crippen molar-refractivity contribution in [1.82, 2.24) is 4.90 Å². The highest BCUT2D eigenvalue weighted by molar-refractivity contribution is 5.89. The highest BCUT2D eigenvalue weighted by Crippen LogP contribution is 2.38. The van der Waals surface area contributed by atoms with E-state index in [0.717, 1.165) is 5.56 Å². The minimum atomic E-state index is -4.67. The van der Waals surface area contributed by atoms with Crippen LogP contribution in [0.15, 0.2) is 24.3 Å². The van der Waals surface area contributed by atoms with Crippen molar-refractivity contribution in [3.63, 3.8) is 0 Å². The summed E-state index contributed by atoms with van der Waals surface area (Å²) in [6, 6.07) is 6.90. The molecule has 7 heteroatoms. The van der Waals surface area contributed by atoms with Crippen LogP contribution >= 0.6 is 0 Å². The molecule has 23 heavy (non-hydrogen) atoms. The Bertz CT molecular complexity index is 565. The Hall–Kier alpha value is -1.76. The lowest BCUT2D eigenvalue weighted by molar-refractivity contribution is -0.271. The summed E-state index contributed by atoms with van der Waals surface area (Å²) in [5, 5.41) is 12.3. The summed E-state index contributed by atoms with van der Waals surface area (Å²) in [5.74, 6) is 0.309. The van der Waals surface area contributed by atoms with Gasteiger partial charge in [0.1, 0.15) is 0 Å². The molecular formula is C16H21F3N2O2. The number of urea groups is 1. The van der Waals surface area contributed by atoms with Crippen LogP contribution in [0, 0.1) is 0 Å². The van der Waals surface area contributed by atoms with Crippen molar-refractivity contribution < 1.29 is 23.1 Å². The molecule has 0 spiro atoms. The first-order valence-electron chi connectivity index (χ1n) is 7.57. The first kappa shape index (κ1) is 17.6. The van der Waals surface area contributed by atoms with Gasteiger partial charge >= 0.3 is 12.2 Å². The van der Waals surface area contributed by atoms with Gasteiger partial charge in [0.25, 0.3) is 0 Å². The smallest absolute Gasteiger partial charge is 0.380 e. The minimum absolute atomic E-state index is 0.133. The van der Waals surface area contributed by atoms with Gasteiger partial charge in [0, 0.05) is 31.6 Å². The number of piperidine rings is 1. The molecule has 4 nitrogen and oxygen atoms in total. The molecule has 1 aliphatic heterocycles. The molecule has 2 rings (SSSR count). The van der Waals surface area contributed by atoms with Crippen LogP contribution in [-0.2, 0) is 0 Å². The van der Waals surface area contributed by atoms with Gasteiger partial charge in [0.15, 0.2) is 5.60 Å². The molecule has 0 aliphatic carbocycles. The lowest BCUT2D eigenvalue weighted by Crippen LogP contribution is -2.55. The van der Waals surface area contributed by atoms with E-state index in [-0.39, 0.29) is 13.1 Å². The molecule has 0 atom stereocenters. The van der Waals surface area contributed by atoms with Crippen molar-refractivity contribution in [3.05, 3.63) is 29.8 Å². The molecule has 1 aliphatic rings. The van der Waals surface area contributed by atoms with Gasteiger partial charge in [0.2, 0.25) is 0 Å². The average Bonchev–Trinajstić information content (AvgIpc) is 2.47. The predicted molar refractivity (Wildman–Crippen MR) is 81.4 cm³/mol. The first-order valence-corrected chi connectivity index (χ1v) is 7.57. The predicted octanol–water partition coefficient (Wildman–Crippen LogP) is 3.73. The van der Waals surface area contributed by atoms with Crippen molar-refractivity contribution in [3.8, 4) is 0 Å². The van der Waals surface area contributed by atoms with E-state index >= 15 is 0 Å². The zero-order valence-corrected chi connectivity index (χ0v) is 13.2. The molecular weight excluding hydrogens is 309 g/mol. The van der Waals surface area contributed by atoms with E-state index in [2.05, 4.69) is 5.32 Å². The highest BCUT2D eigenvalue weighted by Gasteiger charge is 2.54. The van der Waals surface area contributed by atoms with Crippen molar-refractivity contribution in [1.29, 1.82) is 0 Å². The standard InChI is InChI=1S/C16H21F3N2O2/c1-11(2)12-4-3-5-13(10-12)20-14(22)21-8-6-15(23,7-9-21)16(17,18)19/h3-5,10-11,23H,6-9H2,1-2H3,(H,20,22). The van der Waals surface area contributed by atoms with Crippen molar-refractivity contribution >= 4 is 11.7 Å². The van der Waals surface area contributed by atoms with Crippen molar-refractivity contribution in [2.75, 3.05) is 18.4 Å². The largest absolute Gasteiger partial charge is 0.417 e. The number of nitrogens with one attached hydrogen (secondary N) is 1. The van der Waals surface area contributed by atoms with E-state index in [1.165, 1.54) is 4.90 Å². The Kier molecular flexibility index (Phi) is 4.89. The summed E-state index contributed by atoms with van der Waals surface area (Å²) in [7, 11) is 0. The zero-order valence-electron chi connectivity index (χ0n) is 13.2. The Morgan fingerprint density at radius 2 is 1.91 bits per heavy atom. The second kappa shape index (κ2) is 6.39. The van der Waals surface area contributed by atoms with Gasteiger partial charge in [-0.15, -0.1) is 0 Å². The molecule has 0 aromatic heterocycles. The topological polar surface area (TPSA) is 52.6 Å². The summed E-state index contributed by atoms with van der Waals surface area (Å²) in [6.07, 6.45) is -5.67. The number of hydrogen-bond donors (Lipinski definition) is 2. The monoisotopic (exact) mass is 330 g/mol. The zero-order chi connectivity index (χ0) is 17.3. The first-order chi connectivity index (χ1) is 10.6. The van der Waals surface area contributed by atoms with Gasteiger partial charge < -0.3 is 15.3 Å². The van der Waals surface area contributed by atoms with Crippen LogP contribution in [0.3, 0.4) is 0 Å². The molecule has 0 radical (unpaired) electrons. The van der Waals surface area contributed by atoms with Gasteiger partial charge in [0.05, 0.1) is 0 Å². The maximum Gasteiger partial charge on any atom is 0.417 e. The van der Waals surface area contributed by atoms with E-state index < -0.39 is 30.7 Å². The van der Waals surface area contributed by atoms with Crippen LogP contribution in [0.5, 0.6) is 0 Å². The van der Waals surface area contributed by atoms with E-state index in [9.17, 15) is 23.1 Å². The third kappa shape index (κ3) is 3.96. The molecule has 1 aromatic rings. The third-order valence-electron chi connectivity index (χ3n) is 4.21. The fourth-order valence-corrected chi connectivity index (χ4v) is 2.54. The summed E-state index contributed by atoms with van der Waals surface area (Å²) >= 11 is 0. The maximum atomic E-state index is 12.8. The van der Waals surface area contributed by atoms with Gasteiger partial charge in [-0.05, 0) is 23.6 Å². The number of hydrogen-bond acceptors (Lipinski definition) is 2. The van der Waals surface area contributed by atoms with Crippen LogP contribution in [-0.4, -0.2) is 40.9 Å². The molecule has 0 saturated carbocycles. The SMILES string of the molecule is CC(C)c1cccc(NC(=O)N2CCC(O)(C(F)(F)F)CC2)c1. The van der Waals surface area contributed by atoms with Crippen LogP contribution < -0.4 is 5.32 Å². The van der Waals surface area contributed by atoms with Crippen molar-refractivity contribution in [2.24, 2.45) is 0 Å². The Morgan fingerprint density at radius 3 is 2.43 bits per heavy atom. The summed E-state index contributed by atoms with van der Waals surface area (Å²) in [6.45, 7) is 3.80. The second-order valence-electron chi connectivity index (χ2n) is 6.23. The van der Waals surface area contributed by atoms with Crippen LogP contribution in [0.25, 0.3) is 0 Å². The van der Waals surface area contributed by atoms with Gasteiger partial charge in [-0.25, -0.2) is 4.79 Å². The van der Waals surface area contributed by atoms with Crippen LogP contribution in [0.4, 0.5) is 23.7 Å². The van der Waals surface area contributed by atoms with Crippen molar-refractivity contribution in [2.45, 2.75) is 44.4 Å². The highest BCUT2D eigenvalue weighted by atomic mass is 19.4. The minimum Gasteiger partial charge on any atom is -0.380 e. The fourth-order valence-electron chi connectivity index (χ4n) is 2.54. The number of carbonyl (C=O) groups excluding carboxylic acids is 1. The Labute approximate surface area is 133 Å². The molecule has 1 fully saturated rings. The number of carbonyl (C=O) groups is 1. The Balaban J connectivity index is 1.97. The molecule has 2 N–H and O–H groups in total. The van der Waals surface area contributed by atoms with E-state index in [1.54, 1.807) is 6.07 Å². The lowest BCUT2D eigenvalue weighted by Gasteiger charge is -2.39. The van der Waals surface area contributed by atoms with Gasteiger partial charge in [-0.3, -0.25) is 0 Å². The number of aliphatic hydroxyl groups is 1. The lowest BCUT2D eigenvalue weighted by atomic mass is 9.91. The number of nitrogens with zero attached hydrogens (tertiary/aromatic N) is 1. The summed E-state index contributed by atoms with van der Waals surface area (Å²) in [5.41, 5.74) is -1.02. The summed E-state index contributed by atoms with van der Waals surface area (Å²) in [4.78, 5) is 13.5. The van der Waals surface area contributed by atoms with E-state index in [0.29, 0.717) is 11.6 Å². The average molecular weight is 330 g/mol.